The average molecular weight is 402 g/mol. The lowest BCUT2D eigenvalue weighted by molar-refractivity contribution is 0.303. The second-order valence-corrected chi connectivity index (χ2v) is 8.43. The number of ether oxygens (including phenoxy) is 1. The Balaban J connectivity index is 1.86. The molecule has 0 saturated heterocycles. The van der Waals surface area contributed by atoms with E-state index < -0.39 is 0 Å². The maximum atomic E-state index is 5.93. The fourth-order valence-electron chi connectivity index (χ4n) is 3.85. The van der Waals surface area contributed by atoms with E-state index >= 15 is 0 Å². The van der Waals surface area contributed by atoms with Crippen molar-refractivity contribution in [3.8, 4) is 5.75 Å². The smallest absolute Gasteiger partial charge is 0.126 e. The highest BCUT2D eigenvalue weighted by atomic mass is 16.5. The van der Waals surface area contributed by atoms with Crippen molar-refractivity contribution >= 4 is 6.08 Å². The van der Waals surface area contributed by atoms with Crippen molar-refractivity contribution in [3.63, 3.8) is 0 Å². The van der Waals surface area contributed by atoms with Crippen LogP contribution < -0.4 is 10.5 Å². The monoisotopic (exact) mass is 401 g/mol. The minimum atomic E-state index is 0.556. The maximum Gasteiger partial charge on any atom is 0.126 e. The van der Waals surface area contributed by atoms with Crippen LogP contribution in [0.1, 0.15) is 121 Å². The first-order valence-corrected chi connectivity index (χ1v) is 12.4. The number of benzene rings is 1. The van der Waals surface area contributed by atoms with Gasteiger partial charge in [0.05, 0.1) is 6.61 Å². The topological polar surface area (TPSA) is 35.2 Å². The zero-order valence-corrected chi connectivity index (χ0v) is 19.2. The van der Waals surface area contributed by atoms with Crippen LogP contribution >= 0.6 is 0 Å². The Morgan fingerprint density at radius 2 is 1.24 bits per heavy atom. The zero-order valence-electron chi connectivity index (χ0n) is 19.2. The molecule has 0 aliphatic carbocycles. The van der Waals surface area contributed by atoms with Gasteiger partial charge in [-0.2, -0.15) is 0 Å². The van der Waals surface area contributed by atoms with Gasteiger partial charge in [-0.25, -0.2) is 0 Å². The molecule has 0 spiro atoms. The summed E-state index contributed by atoms with van der Waals surface area (Å²) in [5.74, 6) is 0.929. The lowest BCUT2D eigenvalue weighted by atomic mass is 10.0. The minimum absolute atomic E-state index is 0.556. The summed E-state index contributed by atoms with van der Waals surface area (Å²) in [5, 5.41) is 0. The van der Waals surface area contributed by atoms with Gasteiger partial charge in [-0.05, 0) is 24.1 Å². The lowest BCUT2D eigenvalue weighted by Crippen LogP contribution is -2.01. The molecule has 0 bridgehead atoms. The van der Waals surface area contributed by atoms with Gasteiger partial charge in [0.2, 0.25) is 0 Å². The van der Waals surface area contributed by atoms with E-state index in [0.29, 0.717) is 6.54 Å². The maximum absolute atomic E-state index is 5.93. The van der Waals surface area contributed by atoms with Crippen LogP contribution in [0.3, 0.4) is 0 Å². The number of unbranched alkanes of at least 4 members (excludes halogenated alkanes) is 15. The molecule has 2 heteroatoms. The lowest BCUT2D eigenvalue weighted by Gasteiger charge is -2.10. The van der Waals surface area contributed by atoms with Crippen molar-refractivity contribution in [1.29, 1.82) is 0 Å². The molecular formula is C27H47NO. The summed E-state index contributed by atoms with van der Waals surface area (Å²) in [4.78, 5) is 0. The molecule has 0 amide bonds. The molecule has 0 radical (unpaired) electrons. The van der Waals surface area contributed by atoms with Gasteiger partial charge in [0.25, 0.3) is 0 Å². The first-order valence-electron chi connectivity index (χ1n) is 12.4. The predicted octanol–water partition coefficient (Wildman–Crippen LogP) is 8.43. The quantitative estimate of drug-likeness (QED) is 0.222. The van der Waals surface area contributed by atoms with E-state index in [1.165, 1.54) is 96.3 Å². The van der Waals surface area contributed by atoms with Gasteiger partial charge in [0.15, 0.2) is 0 Å². The van der Waals surface area contributed by atoms with Crippen LogP contribution in [-0.4, -0.2) is 6.61 Å². The van der Waals surface area contributed by atoms with E-state index in [4.69, 9.17) is 10.5 Å². The summed E-state index contributed by atoms with van der Waals surface area (Å²) in [6, 6.07) is 6.12. The molecule has 0 aromatic heterocycles. The summed E-state index contributed by atoms with van der Waals surface area (Å²) in [6.45, 7) is 7.51. The van der Waals surface area contributed by atoms with E-state index in [1.807, 2.05) is 18.2 Å². The molecule has 0 aliphatic rings. The van der Waals surface area contributed by atoms with Crippen molar-refractivity contribution in [2.24, 2.45) is 5.73 Å². The molecule has 166 valence electrons. The molecule has 1 aromatic carbocycles. The first kappa shape index (κ1) is 25.8. The van der Waals surface area contributed by atoms with Gasteiger partial charge >= 0.3 is 0 Å². The average Bonchev–Trinajstić information content (AvgIpc) is 2.75. The Hall–Kier alpha value is -1.28. The van der Waals surface area contributed by atoms with E-state index in [2.05, 4.69) is 19.6 Å². The van der Waals surface area contributed by atoms with Crippen LogP contribution in [0.5, 0.6) is 5.75 Å². The molecule has 0 unspecified atom stereocenters. The first-order chi connectivity index (χ1) is 14.3. The standard InChI is InChI=1S/C27H47NO/c1-3-5-6-7-8-9-10-11-12-13-14-15-16-17-18-19-22-29-27-21-20-25(24-28)23-26(27)4-2/h4,20-21,23H,2-3,5-19,22,24,28H2,1H3. The summed E-state index contributed by atoms with van der Waals surface area (Å²) in [7, 11) is 0. The molecule has 0 saturated carbocycles. The van der Waals surface area contributed by atoms with Gasteiger partial charge < -0.3 is 10.5 Å². The molecule has 1 rings (SSSR count). The molecule has 29 heavy (non-hydrogen) atoms. The van der Waals surface area contributed by atoms with Crippen molar-refractivity contribution < 1.29 is 4.74 Å². The van der Waals surface area contributed by atoms with Crippen LogP contribution in [0.4, 0.5) is 0 Å². The Bertz CT molecular complexity index is 511. The van der Waals surface area contributed by atoms with Crippen LogP contribution in [0.15, 0.2) is 24.8 Å². The molecule has 2 nitrogen and oxygen atoms in total. The molecule has 0 aliphatic heterocycles. The summed E-state index contributed by atoms with van der Waals surface area (Å²) in [6.07, 6.45) is 24.1. The van der Waals surface area contributed by atoms with Crippen LogP contribution in [0, 0.1) is 0 Å². The van der Waals surface area contributed by atoms with E-state index in [0.717, 1.165) is 29.9 Å². The van der Waals surface area contributed by atoms with Crippen LogP contribution in [0.25, 0.3) is 6.08 Å². The van der Waals surface area contributed by atoms with Crippen molar-refractivity contribution in [2.45, 2.75) is 116 Å². The van der Waals surface area contributed by atoms with Crippen LogP contribution in [0.2, 0.25) is 0 Å². The normalized spacial score (nSPS) is 11.0. The van der Waals surface area contributed by atoms with E-state index in [9.17, 15) is 0 Å². The number of hydrogen-bond donors (Lipinski definition) is 1. The van der Waals surface area contributed by atoms with Crippen LogP contribution in [-0.2, 0) is 6.54 Å². The Labute approximate surface area is 181 Å². The molecule has 0 heterocycles. The fraction of sp³-hybridized carbons (Fsp3) is 0.704. The second-order valence-electron chi connectivity index (χ2n) is 8.43. The molecule has 0 atom stereocenters. The summed E-state index contributed by atoms with van der Waals surface area (Å²) < 4.78 is 5.93. The van der Waals surface area contributed by atoms with Gasteiger partial charge in [-0.15, -0.1) is 0 Å². The second kappa shape index (κ2) is 18.7. The molecule has 0 fully saturated rings. The van der Waals surface area contributed by atoms with Crippen molar-refractivity contribution in [1.82, 2.24) is 0 Å². The van der Waals surface area contributed by atoms with Gasteiger partial charge in [-0.3, -0.25) is 0 Å². The minimum Gasteiger partial charge on any atom is -0.493 e. The van der Waals surface area contributed by atoms with Gasteiger partial charge in [0.1, 0.15) is 5.75 Å². The highest BCUT2D eigenvalue weighted by Crippen LogP contribution is 2.22. The number of rotatable bonds is 20. The van der Waals surface area contributed by atoms with Gasteiger partial charge in [-0.1, -0.05) is 122 Å². The molecular weight excluding hydrogens is 354 g/mol. The highest BCUT2D eigenvalue weighted by molar-refractivity contribution is 5.56. The van der Waals surface area contributed by atoms with Gasteiger partial charge in [0, 0.05) is 12.1 Å². The third kappa shape index (κ3) is 13.5. The molecule has 1 aromatic rings. The summed E-state index contributed by atoms with van der Waals surface area (Å²) in [5.41, 5.74) is 7.86. The summed E-state index contributed by atoms with van der Waals surface area (Å²) >= 11 is 0. The predicted molar refractivity (Wildman–Crippen MR) is 129 cm³/mol. The Kier molecular flexibility index (Phi) is 16.6. The third-order valence-corrected chi connectivity index (χ3v) is 5.79. The number of nitrogens with two attached hydrogens (primary N) is 1. The highest BCUT2D eigenvalue weighted by Gasteiger charge is 2.02. The SMILES string of the molecule is C=Cc1cc(CN)ccc1OCCCCCCCCCCCCCCCCCC. The Morgan fingerprint density at radius 3 is 1.69 bits per heavy atom. The third-order valence-electron chi connectivity index (χ3n) is 5.79. The molecule has 2 N–H and O–H groups in total. The number of hydrogen-bond acceptors (Lipinski definition) is 2. The van der Waals surface area contributed by atoms with E-state index in [1.54, 1.807) is 0 Å². The van der Waals surface area contributed by atoms with Crippen molar-refractivity contribution in [3.05, 3.63) is 35.9 Å². The Morgan fingerprint density at radius 1 is 0.759 bits per heavy atom. The fourth-order valence-corrected chi connectivity index (χ4v) is 3.85. The zero-order chi connectivity index (χ0) is 21.0. The van der Waals surface area contributed by atoms with Crippen molar-refractivity contribution in [2.75, 3.05) is 6.61 Å². The van der Waals surface area contributed by atoms with E-state index in [-0.39, 0.29) is 0 Å². The largest absolute Gasteiger partial charge is 0.493 e.